The van der Waals surface area contributed by atoms with Gasteiger partial charge in [-0.05, 0) is 108 Å². The van der Waals surface area contributed by atoms with E-state index >= 15 is 8.78 Å². The van der Waals surface area contributed by atoms with Gasteiger partial charge in [-0.2, -0.15) is 0 Å². The van der Waals surface area contributed by atoms with Crippen LogP contribution in [-0.2, 0) is 4.74 Å². The minimum Gasteiger partial charge on any atom is -0.386 e. The van der Waals surface area contributed by atoms with Crippen molar-refractivity contribution in [2.45, 2.75) is 124 Å². The molecule has 4 heteroatoms. The lowest BCUT2D eigenvalue weighted by molar-refractivity contribution is -0.297. The molecule has 0 unspecified atom stereocenters. The van der Waals surface area contributed by atoms with Gasteiger partial charge in [0.05, 0.1) is 12.7 Å². The van der Waals surface area contributed by atoms with Crippen molar-refractivity contribution >= 4 is 0 Å². The minimum atomic E-state index is -3.01. The Morgan fingerprint density at radius 1 is 0.765 bits per heavy atom. The number of aliphatic hydroxyl groups excluding tert-OH is 1. The highest BCUT2D eigenvalue weighted by atomic mass is 19.3. The van der Waals surface area contributed by atoms with Crippen LogP contribution in [-0.4, -0.2) is 29.8 Å². The van der Waals surface area contributed by atoms with Crippen LogP contribution in [0.25, 0.3) is 0 Å². The van der Waals surface area contributed by atoms with E-state index in [4.69, 9.17) is 4.74 Å². The van der Waals surface area contributed by atoms with E-state index in [2.05, 4.69) is 34.6 Å². The Morgan fingerprint density at radius 3 is 2.15 bits per heavy atom. The van der Waals surface area contributed by atoms with Crippen LogP contribution in [0, 0.1) is 56.2 Å². The van der Waals surface area contributed by atoms with E-state index < -0.39 is 22.9 Å². The molecule has 0 aromatic rings. The summed E-state index contributed by atoms with van der Waals surface area (Å²) in [6, 6.07) is 0. The number of hydrogen-bond donors (Lipinski definition) is 1. The normalized spacial score (nSPS) is 58.8. The van der Waals surface area contributed by atoms with Gasteiger partial charge >= 0.3 is 0 Å². The van der Waals surface area contributed by atoms with Crippen molar-refractivity contribution in [1.82, 2.24) is 0 Å². The number of aliphatic hydroxyl groups is 1. The van der Waals surface area contributed by atoms with E-state index in [-0.39, 0.29) is 28.6 Å². The van der Waals surface area contributed by atoms with Crippen molar-refractivity contribution < 1.29 is 18.6 Å². The van der Waals surface area contributed by atoms with Gasteiger partial charge in [-0.25, -0.2) is 8.78 Å². The first-order valence-electron chi connectivity index (χ1n) is 14.2. The molecule has 34 heavy (non-hydrogen) atoms. The van der Waals surface area contributed by atoms with Gasteiger partial charge in [0.1, 0.15) is 6.10 Å². The summed E-state index contributed by atoms with van der Waals surface area (Å²) >= 11 is 0. The smallest absolute Gasteiger partial charge is 0.274 e. The van der Waals surface area contributed by atoms with Gasteiger partial charge in [0.25, 0.3) is 5.92 Å². The molecule has 1 heterocycles. The number of alkyl halides is 2. The topological polar surface area (TPSA) is 29.5 Å². The van der Waals surface area contributed by atoms with E-state index in [9.17, 15) is 5.11 Å². The lowest BCUT2D eigenvalue weighted by Gasteiger charge is -2.73. The molecule has 6 rings (SSSR count). The van der Waals surface area contributed by atoms with Crippen LogP contribution in [0.2, 0.25) is 0 Å². The molecular formula is C30H48F2O2. The zero-order valence-corrected chi connectivity index (χ0v) is 22.6. The fraction of sp³-hybridized carbons (Fsp3) is 1.00. The van der Waals surface area contributed by atoms with Crippen LogP contribution in [0.5, 0.6) is 0 Å². The molecule has 2 bridgehead atoms. The van der Waals surface area contributed by atoms with Gasteiger partial charge in [0.2, 0.25) is 0 Å². The average molecular weight is 479 g/mol. The molecule has 0 amide bonds. The number of halogens is 2. The molecule has 2 nitrogen and oxygen atoms in total. The van der Waals surface area contributed by atoms with Crippen molar-refractivity contribution in [2.24, 2.45) is 56.2 Å². The third kappa shape index (κ3) is 2.59. The Bertz CT molecular complexity index is 883. The molecule has 6 aliphatic rings. The number of ether oxygens (including phenoxy) is 1. The summed E-state index contributed by atoms with van der Waals surface area (Å²) in [5.74, 6) is -1.30. The van der Waals surface area contributed by atoms with Gasteiger partial charge in [0.15, 0.2) is 0 Å². The van der Waals surface area contributed by atoms with Gasteiger partial charge < -0.3 is 9.84 Å². The van der Waals surface area contributed by atoms with Crippen molar-refractivity contribution in [3.8, 4) is 0 Å². The summed E-state index contributed by atoms with van der Waals surface area (Å²) in [6.07, 6.45) is 8.00. The third-order valence-electron chi connectivity index (χ3n) is 14.0. The lowest BCUT2D eigenvalue weighted by atomic mass is 9.31. The van der Waals surface area contributed by atoms with Gasteiger partial charge in [-0.3, -0.25) is 0 Å². The maximum Gasteiger partial charge on any atom is 0.274 e. The Hall–Kier alpha value is -0.220. The summed E-state index contributed by atoms with van der Waals surface area (Å²) in [5.41, 5.74) is -0.351. The molecule has 0 aromatic heterocycles. The van der Waals surface area contributed by atoms with Crippen LogP contribution >= 0.6 is 0 Å². The fourth-order valence-electron chi connectivity index (χ4n) is 12.1. The molecule has 1 saturated heterocycles. The lowest BCUT2D eigenvalue weighted by Crippen LogP contribution is -2.70. The molecule has 0 aromatic carbocycles. The molecule has 1 aliphatic heterocycles. The van der Waals surface area contributed by atoms with Gasteiger partial charge in [-0.1, -0.05) is 48.5 Å². The SMILES string of the molecule is CC1(C)CC[C@]23CC[C@]4(C)[C@H](CC[C@@H]5[C@@]6(C)CC(F)(F)[C@H](O)C(C)(C)[C@@H]6CC[C@]54C)[C@H]2[C@H]1OC3. The van der Waals surface area contributed by atoms with Crippen LogP contribution < -0.4 is 0 Å². The molecule has 10 atom stereocenters. The van der Waals surface area contributed by atoms with Gasteiger partial charge in [-0.15, -0.1) is 0 Å². The second kappa shape index (κ2) is 6.61. The minimum absolute atomic E-state index is 0.0677. The van der Waals surface area contributed by atoms with Crippen molar-refractivity contribution in [3.63, 3.8) is 0 Å². The zero-order chi connectivity index (χ0) is 24.7. The largest absolute Gasteiger partial charge is 0.386 e. The van der Waals surface area contributed by atoms with Gasteiger partial charge in [0, 0.05) is 6.42 Å². The zero-order valence-electron chi connectivity index (χ0n) is 22.6. The van der Waals surface area contributed by atoms with E-state index in [0.717, 1.165) is 32.3 Å². The molecule has 5 aliphatic carbocycles. The van der Waals surface area contributed by atoms with Crippen LogP contribution in [0.15, 0.2) is 0 Å². The molecule has 6 fully saturated rings. The standard InChI is InChI=1S/C30H48F2O2/c1-24(2)12-14-29-15-13-27(6)18(21(29)22(24)34-17-29)8-9-20-26(5)16-30(31,32)23(33)25(3,4)19(26)10-11-28(20,27)7/h18-23,33H,8-17H2,1-7H3/t18-,19+,20-,21+,22-,23-,26+,27-,28-,29-/m1/s1. The highest BCUT2D eigenvalue weighted by Gasteiger charge is 2.74. The Labute approximate surface area is 206 Å². The summed E-state index contributed by atoms with van der Waals surface area (Å²) in [6.45, 7) is 16.8. The molecule has 0 spiro atoms. The maximum atomic E-state index is 15.4. The number of fused-ring (bicyclic) bond motifs is 5. The summed E-state index contributed by atoms with van der Waals surface area (Å²) in [5, 5.41) is 10.7. The quantitative estimate of drug-likeness (QED) is 0.391. The molecule has 194 valence electrons. The number of rotatable bonds is 0. The first-order chi connectivity index (χ1) is 15.6. The van der Waals surface area contributed by atoms with E-state index in [1.54, 1.807) is 0 Å². The van der Waals surface area contributed by atoms with Crippen LogP contribution in [0.1, 0.15) is 106 Å². The second-order valence-corrected chi connectivity index (χ2v) is 15.9. The predicted octanol–water partition coefficient (Wildman–Crippen LogP) is 7.48. The van der Waals surface area contributed by atoms with Crippen LogP contribution in [0.3, 0.4) is 0 Å². The maximum absolute atomic E-state index is 15.4. The fourth-order valence-corrected chi connectivity index (χ4v) is 12.1. The molecule has 1 N–H and O–H groups in total. The Kier molecular flexibility index (Phi) is 4.69. The predicted molar refractivity (Wildman–Crippen MR) is 131 cm³/mol. The van der Waals surface area contributed by atoms with Crippen molar-refractivity contribution in [1.29, 1.82) is 0 Å². The summed E-state index contributed by atoms with van der Waals surface area (Å²) in [7, 11) is 0. The van der Waals surface area contributed by atoms with E-state index in [1.165, 1.54) is 25.7 Å². The molecular weight excluding hydrogens is 430 g/mol. The van der Waals surface area contributed by atoms with Crippen molar-refractivity contribution in [3.05, 3.63) is 0 Å². The Morgan fingerprint density at radius 2 is 1.44 bits per heavy atom. The third-order valence-corrected chi connectivity index (χ3v) is 14.0. The van der Waals surface area contributed by atoms with E-state index in [1.807, 2.05) is 13.8 Å². The highest BCUT2D eigenvalue weighted by Crippen LogP contribution is 2.78. The highest BCUT2D eigenvalue weighted by molar-refractivity contribution is 5.22. The second-order valence-electron chi connectivity index (χ2n) is 15.9. The summed E-state index contributed by atoms with van der Waals surface area (Å²) < 4.78 is 37.4. The molecule has 5 saturated carbocycles. The average Bonchev–Trinajstić information content (AvgIpc) is 3.06. The summed E-state index contributed by atoms with van der Waals surface area (Å²) in [4.78, 5) is 0. The molecule has 0 radical (unpaired) electrons. The Balaban J connectivity index is 1.41. The van der Waals surface area contributed by atoms with Crippen molar-refractivity contribution in [2.75, 3.05) is 6.61 Å². The number of hydrogen-bond acceptors (Lipinski definition) is 2. The monoisotopic (exact) mass is 478 g/mol. The van der Waals surface area contributed by atoms with Crippen LogP contribution in [0.4, 0.5) is 8.78 Å². The van der Waals surface area contributed by atoms with E-state index in [0.29, 0.717) is 29.3 Å². The first-order valence-corrected chi connectivity index (χ1v) is 14.2. The first kappa shape index (κ1) is 24.1.